The van der Waals surface area contributed by atoms with Crippen molar-refractivity contribution in [1.29, 1.82) is 0 Å². The minimum absolute atomic E-state index is 0.0552. The number of nitrogens with two attached hydrogens (primary N) is 1. The first-order chi connectivity index (χ1) is 14.0. The van der Waals surface area contributed by atoms with Crippen LogP contribution in [0.1, 0.15) is 91.9 Å². The molecule has 0 aromatic rings. The smallest absolute Gasteiger partial charge is 0.0811 e. The summed E-state index contributed by atoms with van der Waals surface area (Å²) < 4.78 is 0. The molecule has 3 nitrogen and oxygen atoms in total. The molecular formula is C27H45NO2. The SMILES string of the molecule is C=C1/C(=C\C=C2/CCC[C@@]3(C)C2CCC3[C@H](C)CCCC(C)(C)N)C[C@@H](O)C[C@@H]1O. The molecule has 0 aromatic carbocycles. The fraction of sp³-hybridized carbons (Fsp3) is 0.778. The third-order valence-corrected chi connectivity index (χ3v) is 8.47. The van der Waals surface area contributed by atoms with Gasteiger partial charge in [-0.25, -0.2) is 0 Å². The van der Waals surface area contributed by atoms with E-state index in [0.717, 1.165) is 29.4 Å². The Labute approximate surface area is 184 Å². The molecular weight excluding hydrogens is 370 g/mol. The summed E-state index contributed by atoms with van der Waals surface area (Å²) >= 11 is 0. The molecule has 0 spiro atoms. The van der Waals surface area contributed by atoms with Gasteiger partial charge < -0.3 is 15.9 Å². The molecule has 0 radical (unpaired) electrons. The van der Waals surface area contributed by atoms with E-state index >= 15 is 0 Å². The van der Waals surface area contributed by atoms with Gasteiger partial charge in [0, 0.05) is 12.0 Å². The van der Waals surface area contributed by atoms with Gasteiger partial charge in [-0.2, -0.15) is 0 Å². The average Bonchev–Trinajstić information content (AvgIpc) is 3.00. The summed E-state index contributed by atoms with van der Waals surface area (Å²) in [6, 6.07) is 0. The van der Waals surface area contributed by atoms with Crippen LogP contribution >= 0.6 is 0 Å². The average molecular weight is 416 g/mol. The van der Waals surface area contributed by atoms with Crippen LogP contribution in [0.4, 0.5) is 0 Å². The number of hydrogen-bond donors (Lipinski definition) is 3. The van der Waals surface area contributed by atoms with Gasteiger partial charge in [0.1, 0.15) is 0 Å². The lowest BCUT2D eigenvalue weighted by Crippen LogP contribution is -2.36. The second-order valence-electron chi connectivity index (χ2n) is 11.5. The molecule has 0 bridgehead atoms. The van der Waals surface area contributed by atoms with Crippen LogP contribution in [0.25, 0.3) is 0 Å². The van der Waals surface area contributed by atoms with Crippen LogP contribution in [-0.4, -0.2) is 28.0 Å². The van der Waals surface area contributed by atoms with Crippen LogP contribution in [-0.2, 0) is 0 Å². The Morgan fingerprint density at radius 1 is 1.27 bits per heavy atom. The van der Waals surface area contributed by atoms with Crippen molar-refractivity contribution < 1.29 is 10.2 Å². The van der Waals surface area contributed by atoms with Crippen molar-refractivity contribution in [3.63, 3.8) is 0 Å². The molecule has 0 heterocycles. The molecule has 3 heteroatoms. The first kappa shape index (κ1) is 23.8. The minimum Gasteiger partial charge on any atom is -0.393 e. The second-order valence-corrected chi connectivity index (χ2v) is 11.5. The number of fused-ring (bicyclic) bond motifs is 1. The standard InChI is InChI=1S/C27H45NO2/c1-18(8-6-14-26(3,4)28)23-12-13-24-20(9-7-15-27(23,24)5)10-11-21-16-22(29)17-25(30)19(21)2/h10-11,18,22-25,29-30H,2,6-9,12-17,28H2,1,3-5H3/b20-10+,21-11-/t18-,22-,23?,24?,25+,27-/m1/s1. The van der Waals surface area contributed by atoms with Crippen LogP contribution in [0.3, 0.4) is 0 Å². The predicted octanol–water partition coefficient (Wildman–Crippen LogP) is 5.67. The first-order valence-corrected chi connectivity index (χ1v) is 12.2. The van der Waals surface area contributed by atoms with Gasteiger partial charge in [-0.05, 0) is 93.1 Å². The largest absolute Gasteiger partial charge is 0.393 e. The van der Waals surface area contributed by atoms with Crippen molar-refractivity contribution in [3.05, 3.63) is 35.5 Å². The second kappa shape index (κ2) is 9.30. The Kier molecular flexibility index (Phi) is 7.37. The van der Waals surface area contributed by atoms with Crippen molar-refractivity contribution in [3.8, 4) is 0 Å². The molecule has 30 heavy (non-hydrogen) atoms. The lowest BCUT2D eigenvalue weighted by molar-refractivity contribution is 0.0861. The van der Waals surface area contributed by atoms with E-state index < -0.39 is 12.2 Å². The lowest BCUT2D eigenvalue weighted by Gasteiger charge is -2.44. The van der Waals surface area contributed by atoms with Crippen molar-refractivity contribution in [1.82, 2.24) is 0 Å². The summed E-state index contributed by atoms with van der Waals surface area (Å²) in [5.74, 6) is 2.23. The topological polar surface area (TPSA) is 66.5 Å². The van der Waals surface area contributed by atoms with Crippen molar-refractivity contribution in [2.75, 3.05) is 0 Å². The summed E-state index contributed by atoms with van der Waals surface area (Å²) in [7, 11) is 0. The van der Waals surface area contributed by atoms with Gasteiger partial charge >= 0.3 is 0 Å². The van der Waals surface area contributed by atoms with E-state index in [0.29, 0.717) is 24.2 Å². The monoisotopic (exact) mass is 415 g/mol. The zero-order valence-electron chi connectivity index (χ0n) is 19.8. The third-order valence-electron chi connectivity index (χ3n) is 8.47. The van der Waals surface area contributed by atoms with Gasteiger partial charge in [0.2, 0.25) is 0 Å². The van der Waals surface area contributed by atoms with E-state index in [1.165, 1.54) is 44.9 Å². The van der Waals surface area contributed by atoms with Gasteiger partial charge in [0.25, 0.3) is 0 Å². The lowest BCUT2D eigenvalue weighted by atomic mass is 9.60. The van der Waals surface area contributed by atoms with E-state index in [1.807, 2.05) is 0 Å². The van der Waals surface area contributed by atoms with Crippen LogP contribution in [0.2, 0.25) is 0 Å². The van der Waals surface area contributed by atoms with E-state index in [2.05, 4.69) is 46.4 Å². The number of aliphatic hydroxyl groups is 2. The van der Waals surface area contributed by atoms with E-state index in [-0.39, 0.29) is 5.54 Å². The summed E-state index contributed by atoms with van der Waals surface area (Å²) in [6.45, 7) is 13.4. The summed E-state index contributed by atoms with van der Waals surface area (Å²) in [5.41, 5.74) is 9.94. The number of allylic oxidation sites excluding steroid dienone is 3. The van der Waals surface area contributed by atoms with Gasteiger partial charge in [0.05, 0.1) is 12.2 Å². The number of aliphatic hydroxyl groups excluding tert-OH is 2. The van der Waals surface area contributed by atoms with Crippen LogP contribution in [0.5, 0.6) is 0 Å². The number of hydrogen-bond acceptors (Lipinski definition) is 3. The molecule has 6 atom stereocenters. The highest BCUT2D eigenvalue weighted by Crippen LogP contribution is 2.60. The number of rotatable bonds is 6. The Hall–Kier alpha value is -0.900. The van der Waals surface area contributed by atoms with Gasteiger partial charge in [0.15, 0.2) is 0 Å². The molecule has 0 amide bonds. The fourth-order valence-corrected chi connectivity index (χ4v) is 6.76. The molecule has 3 fully saturated rings. The summed E-state index contributed by atoms with van der Waals surface area (Å²) in [5, 5.41) is 20.2. The summed E-state index contributed by atoms with van der Waals surface area (Å²) in [4.78, 5) is 0. The highest BCUT2D eigenvalue weighted by Gasteiger charge is 2.50. The molecule has 0 aliphatic heterocycles. The van der Waals surface area contributed by atoms with Crippen molar-refractivity contribution in [2.45, 2.75) is 110 Å². The van der Waals surface area contributed by atoms with Crippen LogP contribution in [0.15, 0.2) is 35.5 Å². The van der Waals surface area contributed by atoms with Crippen LogP contribution in [0, 0.1) is 23.2 Å². The van der Waals surface area contributed by atoms with Gasteiger partial charge in [-0.15, -0.1) is 0 Å². The highest BCUT2D eigenvalue weighted by atomic mass is 16.3. The molecule has 3 saturated carbocycles. The zero-order valence-corrected chi connectivity index (χ0v) is 19.8. The molecule has 0 aromatic heterocycles. The van der Waals surface area contributed by atoms with E-state index in [4.69, 9.17) is 5.73 Å². The highest BCUT2D eigenvalue weighted by molar-refractivity contribution is 5.38. The maximum Gasteiger partial charge on any atom is 0.0811 e. The predicted molar refractivity (Wildman–Crippen MR) is 126 cm³/mol. The molecule has 0 saturated heterocycles. The van der Waals surface area contributed by atoms with E-state index in [9.17, 15) is 10.2 Å². The summed E-state index contributed by atoms with van der Waals surface area (Å²) in [6.07, 6.45) is 14.5. The van der Waals surface area contributed by atoms with Crippen LogP contribution < -0.4 is 5.73 Å². The molecule has 3 aliphatic rings. The van der Waals surface area contributed by atoms with Gasteiger partial charge in [-0.1, -0.05) is 51.0 Å². The van der Waals surface area contributed by atoms with Gasteiger partial charge in [-0.3, -0.25) is 0 Å². The molecule has 170 valence electrons. The fourth-order valence-electron chi connectivity index (χ4n) is 6.76. The Bertz CT molecular complexity index is 685. The molecule has 4 N–H and O–H groups in total. The van der Waals surface area contributed by atoms with Crippen molar-refractivity contribution in [2.24, 2.45) is 28.9 Å². The minimum atomic E-state index is -0.606. The Morgan fingerprint density at radius 3 is 2.70 bits per heavy atom. The molecule has 3 aliphatic carbocycles. The Balaban J connectivity index is 1.70. The zero-order chi connectivity index (χ0) is 22.1. The third kappa shape index (κ3) is 5.29. The first-order valence-electron chi connectivity index (χ1n) is 12.2. The Morgan fingerprint density at radius 2 is 2.00 bits per heavy atom. The normalized spacial score (nSPS) is 38.8. The van der Waals surface area contributed by atoms with E-state index in [1.54, 1.807) is 5.57 Å². The van der Waals surface area contributed by atoms with Crippen molar-refractivity contribution >= 4 is 0 Å². The molecule has 3 rings (SSSR count). The maximum absolute atomic E-state index is 10.1. The molecule has 2 unspecified atom stereocenters. The maximum atomic E-state index is 10.1. The quantitative estimate of drug-likeness (QED) is 0.523.